The zero-order valence-electron chi connectivity index (χ0n) is 7.83. The van der Waals surface area contributed by atoms with Gasteiger partial charge in [0.25, 0.3) is 6.43 Å². The molecule has 5 nitrogen and oxygen atoms in total. The lowest BCUT2D eigenvalue weighted by molar-refractivity contribution is -0.392. The predicted octanol–water partition coefficient (Wildman–Crippen LogP) is 2.53. The summed E-state index contributed by atoms with van der Waals surface area (Å²) in [4.78, 5) is 11.6. The van der Waals surface area contributed by atoms with Crippen molar-refractivity contribution in [1.82, 2.24) is 4.98 Å². The average Bonchev–Trinajstić information content (AvgIpc) is 2.14. The summed E-state index contributed by atoms with van der Waals surface area (Å²) < 4.78 is 61.6. The van der Waals surface area contributed by atoms with Crippen molar-refractivity contribution in [3.05, 3.63) is 27.3 Å². The Morgan fingerprint density at radius 3 is 2.29 bits per heavy atom. The molecule has 0 fully saturated rings. The predicted molar refractivity (Wildman–Crippen MR) is 45.3 cm³/mol. The van der Waals surface area contributed by atoms with E-state index in [0.29, 0.717) is 0 Å². The van der Waals surface area contributed by atoms with E-state index in [2.05, 4.69) is 4.98 Å². The van der Waals surface area contributed by atoms with Gasteiger partial charge in [-0.15, -0.1) is 0 Å². The number of nitrogens with two attached hydrogens (primary N) is 1. The van der Waals surface area contributed by atoms with Gasteiger partial charge in [0.05, 0.1) is 5.56 Å². The van der Waals surface area contributed by atoms with Gasteiger partial charge in [-0.2, -0.15) is 13.2 Å². The molecule has 0 radical (unpaired) electrons. The zero-order chi connectivity index (χ0) is 13.4. The van der Waals surface area contributed by atoms with Crippen molar-refractivity contribution in [3.63, 3.8) is 0 Å². The quantitative estimate of drug-likeness (QED) is 0.501. The molecule has 0 unspecified atom stereocenters. The number of aromatic nitrogens is 1. The fourth-order valence-electron chi connectivity index (χ4n) is 1.06. The molecular formula is C7H4F5N3O2. The summed E-state index contributed by atoms with van der Waals surface area (Å²) in [6.07, 6.45) is -8.46. The van der Waals surface area contributed by atoms with Gasteiger partial charge in [-0.3, -0.25) is 0 Å². The minimum absolute atomic E-state index is 0.0644. The Bertz CT molecular complexity index is 460. The maximum Gasteiger partial charge on any atom is 0.424 e. The number of nitrogens with zero attached hydrogens (tertiary/aromatic N) is 2. The third-order valence-corrected chi connectivity index (χ3v) is 1.78. The molecule has 0 atom stereocenters. The molecule has 10 heteroatoms. The summed E-state index contributed by atoms with van der Waals surface area (Å²) in [6.45, 7) is 0. The van der Waals surface area contributed by atoms with Crippen molar-refractivity contribution in [2.45, 2.75) is 12.6 Å². The number of rotatable bonds is 2. The fourth-order valence-corrected chi connectivity index (χ4v) is 1.06. The van der Waals surface area contributed by atoms with E-state index in [1.807, 2.05) is 0 Å². The van der Waals surface area contributed by atoms with Crippen LogP contribution < -0.4 is 5.73 Å². The molecule has 0 aliphatic heterocycles. The zero-order valence-corrected chi connectivity index (χ0v) is 7.83. The van der Waals surface area contributed by atoms with Crippen LogP contribution in [0.25, 0.3) is 0 Å². The number of alkyl halides is 5. The van der Waals surface area contributed by atoms with Crippen LogP contribution in [0.5, 0.6) is 0 Å². The first-order chi connectivity index (χ1) is 7.64. The lowest BCUT2D eigenvalue weighted by atomic mass is 10.1. The molecule has 1 aromatic rings. The second-order valence-electron chi connectivity index (χ2n) is 2.89. The van der Waals surface area contributed by atoms with Crippen molar-refractivity contribution in [1.29, 1.82) is 0 Å². The van der Waals surface area contributed by atoms with Crippen molar-refractivity contribution in [2.24, 2.45) is 0 Å². The minimum Gasteiger partial charge on any atom is -0.362 e. The molecule has 0 bridgehead atoms. The Labute approximate surface area is 90.2 Å². The summed E-state index contributed by atoms with van der Waals surface area (Å²) in [7, 11) is 0. The molecule has 0 spiro atoms. The molecule has 1 rings (SSSR count). The number of halogens is 5. The molecule has 0 saturated heterocycles. The molecule has 17 heavy (non-hydrogen) atoms. The second kappa shape index (κ2) is 4.11. The SMILES string of the molecule is Nc1nc([N+](=O)[O-])c(C(F)(F)F)cc1C(F)F. The second-order valence-corrected chi connectivity index (χ2v) is 2.89. The molecule has 1 aromatic heterocycles. The van der Waals surface area contributed by atoms with Crippen LogP contribution in [-0.4, -0.2) is 9.91 Å². The highest BCUT2D eigenvalue weighted by molar-refractivity contribution is 5.50. The summed E-state index contributed by atoms with van der Waals surface area (Å²) in [5.41, 5.74) is 1.86. The Kier molecular flexibility index (Phi) is 3.16. The number of hydrogen-bond donors (Lipinski definition) is 1. The van der Waals surface area contributed by atoms with Crippen LogP contribution in [0.4, 0.5) is 33.6 Å². The van der Waals surface area contributed by atoms with Crippen LogP contribution in [0.3, 0.4) is 0 Å². The average molecular weight is 257 g/mol. The van der Waals surface area contributed by atoms with Gasteiger partial charge in [0.15, 0.2) is 5.56 Å². The van der Waals surface area contributed by atoms with Crippen LogP contribution in [0.15, 0.2) is 6.07 Å². The highest BCUT2D eigenvalue weighted by Crippen LogP contribution is 2.38. The number of nitro groups is 1. The van der Waals surface area contributed by atoms with Crippen molar-refractivity contribution < 1.29 is 26.9 Å². The Morgan fingerprint density at radius 2 is 1.94 bits per heavy atom. The van der Waals surface area contributed by atoms with Crippen LogP contribution >= 0.6 is 0 Å². The summed E-state index contributed by atoms with van der Waals surface area (Å²) in [5.74, 6) is -2.60. The Morgan fingerprint density at radius 1 is 1.41 bits per heavy atom. The van der Waals surface area contributed by atoms with E-state index in [0.717, 1.165) is 0 Å². The molecule has 2 N–H and O–H groups in total. The maximum atomic E-state index is 12.4. The van der Waals surface area contributed by atoms with E-state index in [4.69, 9.17) is 5.73 Å². The molecule has 94 valence electrons. The van der Waals surface area contributed by atoms with Gasteiger partial charge >= 0.3 is 12.0 Å². The van der Waals surface area contributed by atoms with Crippen LogP contribution in [0.2, 0.25) is 0 Å². The first kappa shape index (κ1) is 13.1. The minimum atomic E-state index is -5.16. The van der Waals surface area contributed by atoms with Gasteiger partial charge in [0.1, 0.15) is 0 Å². The monoisotopic (exact) mass is 257 g/mol. The van der Waals surface area contributed by atoms with E-state index in [1.54, 1.807) is 0 Å². The number of pyridine rings is 1. The van der Waals surface area contributed by atoms with Crippen LogP contribution in [0.1, 0.15) is 17.6 Å². The number of hydrogen-bond acceptors (Lipinski definition) is 4. The molecule has 0 aliphatic rings. The first-order valence-electron chi connectivity index (χ1n) is 3.94. The van der Waals surface area contributed by atoms with E-state index in [1.165, 1.54) is 0 Å². The maximum absolute atomic E-state index is 12.4. The van der Waals surface area contributed by atoms with Gasteiger partial charge < -0.3 is 15.8 Å². The first-order valence-corrected chi connectivity index (χ1v) is 3.94. The van der Waals surface area contributed by atoms with Gasteiger partial charge in [-0.25, -0.2) is 8.78 Å². The highest BCUT2D eigenvalue weighted by atomic mass is 19.4. The van der Waals surface area contributed by atoms with E-state index in [9.17, 15) is 32.1 Å². The van der Waals surface area contributed by atoms with Gasteiger partial charge in [0.2, 0.25) is 5.82 Å². The van der Waals surface area contributed by atoms with Gasteiger partial charge in [0, 0.05) is 0 Å². The summed E-state index contributed by atoms with van der Waals surface area (Å²) >= 11 is 0. The fraction of sp³-hybridized carbons (Fsp3) is 0.286. The Hall–Kier alpha value is -2.00. The van der Waals surface area contributed by atoms with Crippen LogP contribution in [-0.2, 0) is 6.18 Å². The molecule has 0 saturated carbocycles. The molecule has 0 aromatic carbocycles. The van der Waals surface area contributed by atoms with E-state index < -0.39 is 40.3 Å². The Balaban J connectivity index is 3.54. The highest BCUT2D eigenvalue weighted by Gasteiger charge is 2.41. The third-order valence-electron chi connectivity index (χ3n) is 1.78. The van der Waals surface area contributed by atoms with Crippen molar-refractivity contribution in [3.8, 4) is 0 Å². The third kappa shape index (κ3) is 2.57. The largest absolute Gasteiger partial charge is 0.424 e. The lowest BCUT2D eigenvalue weighted by Crippen LogP contribution is -2.13. The van der Waals surface area contributed by atoms with Crippen molar-refractivity contribution in [2.75, 3.05) is 5.73 Å². The van der Waals surface area contributed by atoms with E-state index in [-0.39, 0.29) is 6.07 Å². The number of anilines is 1. The summed E-state index contributed by atoms with van der Waals surface area (Å²) in [5, 5.41) is 10.3. The lowest BCUT2D eigenvalue weighted by Gasteiger charge is -2.09. The molecule has 1 heterocycles. The van der Waals surface area contributed by atoms with Crippen molar-refractivity contribution >= 4 is 11.6 Å². The molecular weight excluding hydrogens is 253 g/mol. The van der Waals surface area contributed by atoms with Crippen LogP contribution in [0, 0.1) is 10.1 Å². The van der Waals surface area contributed by atoms with E-state index >= 15 is 0 Å². The normalized spacial score (nSPS) is 11.9. The topological polar surface area (TPSA) is 82.0 Å². The molecule has 0 amide bonds. The summed E-state index contributed by atoms with van der Waals surface area (Å²) in [6, 6.07) is -0.0644. The molecule has 0 aliphatic carbocycles. The number of nitrogen functional groups attached to an aromatic ring is 1. The standard InChI is InChI=1S/C7H4F5N3O2/c8-4(9)2-1-3(7(10,11)12)6(15(16)17)14-5(2)13/h1,4H,(H2,13,14). The van der Waals surface area contributed by atoms with Gasteiger partial charge in [-0.05, 0) is 16.0 Å². The van der Waals surface area contributed by atoms with Gasteiger partial charge in [-0.1, -0.05) is 0 Å². The smallest absolute Gasteiger partial charge is 0.362 e.